The number of hydrogen-bond acceptors (Lipinski definition) is 5. The molecule has 92 valence electrons. The summed E-state index contributed by atoms with van der Waals surface area (Å²) in [6, 6.07) is 5.47. The average molecular weight is 257 g/mol. The summed E-state index contributed by atoms with van der Waals surface area (Å²) in [6.07, 6.45) is 0. The third-order valence-corrected chi connectivity index (χ3v) is 3.35. The Morgan fingerprint density at radius 3 is 2.35 bits per heavy atom. The molecule has 1 rings (SSSR count). The quantitative estimate of drug-likeness (QED) is 0.786. The van der Waals surface area contributed by atoms with Gasteiger partial charge in [-0.15, -0.1) is 0 Å². The third kappa shape index (κ3) is 3.04. The molecule has 1 aromatic rings. The highest BCUT2D eigenvalue weighted by molar-refractivity contribution is 7.90. The van der Waals surface area contributed by atoms with Crippen LogP contribution in [0.1, 0.15) is 17.3 Å². The predicted octanol–water partition coefficient (Wildman–Crippen LogP) is 0.298. The van der Waals surface area contributed by atoms with Gasteiger partial charge in [0.1, 0.15) is 4.90 Å². The Kier molecular flexibility index (Phi) is 3.84. The number of rotatable bonds is 3. The summed E-state index contributed by atoms with van der Waals surface area (Å²) in [4.78, 5) is 21.9. The fourth-order valence-electron chi connectivity index (χ4n) is 1.22. The van der Waals surface area contributed by atoms with Crippen molar-refractivity contribution in [3.05, 3.63) is 29.8 Å². The van der Waals surface area contributed by atoms with Crippen molar-refractivity contribution in [2.75, 3.05) is 7.11 Å². The van der Waals surface area contributed by atoms with Crippen molar-refractivity contribution in [3.8, 4) is 0 Å². The van der Waals surface area contributed by atoms with Gasteiger partial charge in [-0.2, -0.15) is 0 Å². The Morgan fingerprint density at radius 1 is 1.24 bits per heavy atom. The standard InChI is InChI=1S/C10H11NO5S/c1-7(12)11-17(14,15)9-6-4-3-5-8(9)10(13)16-2/h3-6H,1-2H3,(H,11,12). The number of carbonyl (C=O) groups excluding carboxylic acids is 2. The summed E-state index contributed by atoms with van der Waals surface area (Å²) in [5, 5.41) is 0. The highest BCUT2D eigenvalue weighted by Gasteiger charge is 2.23. The number of sulfonamides is 1. The summed E-state index contributed by atoms with van der Waals surface area (Å²) in [5.41, 5.74) is -0.122. The van der Waals surface area contributed by atoms with E-state index in [1.807, 2.05) is 0 Å². The van der Waals surface area contributed by atoms with Crippen LogP contribution in [0.3, 0.4) is 0 Å². The van der Waals surface area contributed by atoms with Crippen LogP contribution in [0.5, 0.6) is 0 Å². The lowest BCUT2D eigenvalue weighted by Gasteiger charge is -2.08. The van der Waals surface area contributed by atoms with E-state index in [1.165, 1.54) is 24.3 Å². The number of amides is 1. The first-order valence-corrected chi connectivity index (χ1v) is 6.07. The molecule has 0 heterocycles. The summed E-state index contributed by atoms with van der Waals surface area (Å²) in [7, 11) is -2.90. The van der Waals surface area contributed by atoms with E-state index >= 15 is 0 Å². The molecule has 0 atom stereocenters. The number of hydrogen-bond donors (Lipinski definition) is 1. The minimum Gasteiger partial charge on any atom is -0.465 e. The van der Waals surface area contributed by atoms with E-state index in [-0.39, 0.29) is 10.5 Å². The Morgan fingerprint density at radius 2 is 1.82 bits per heavy atom. The number of ether oxygens (including phenoxy) is 1. The molecule has 7 heteroatoms. The monoisotopic (exact) mass is 257 g/mol. The van der Waals surface area contributed by atoms with E-state index in [4.69, 9.17) is 0 Å². The van der Waals surface area contributed by atoms with Crippen LogP contribution >= 0.6 is 0 Å². The van der Waals surface area contributed by atoms with Crippen molar-refractivity contribution in [2.45, 2.75) is 11.8 Å². The van der Waals surface area contributed by atoms with Crippen molar-refractivity contribution >= 4 is 21.9 Å². The smallest absolute Gasteiger partial charge is 0.339 e. The predicted molar refractivity (Wildman–Crippen MR) is 58.8 cm³/mol. The molecule has 0 aliphatic heterocycles. The molecule has 1 N–H and O–H groups in total. The number of methoxy groups -OCH3 is 1. The molecule has 6 nitrogen and oxygen atoms in total. The number of nitrogens with one attached hydrogen (secondary N) is 1. The second kappa shape index (κ2) is 4.96. The maximum absolute atomic E-state index is 11.7. The second-order valence-corrected chi connectivity index (χ2v) is 4.80. The molecule has 0 bridgehead atoms. The lowest BCUT2D eigenvalue weighted by Crippen LogP contribution is -2.29. The topological polar surface area (TPSA) is 89.5 Å². The number of carbonyl (C=O) groups is 2. The van der Waals surface area contributed by atoms with E-state index in [0.717, 1.165) is 14.0 Å². The molecule has 0 aromatic heterocycles. The van der Waals surface area contributed by atoms with Gasteiger partial charge < -0.3 is 4.74 Å². The van der Waals surface area contributed by atoms with Crippen LogP contribution in [0, 0.1) is 0 Å². The van der Waals surface area contributed by atoms with Gasteiger partial charge in [0, 0.05) is 6.92 Å². The first kappa shape index (κ1) is 13.2. The molecule has 17 heavy (non-hydrogen) atoms. The maximum Gasteiger partial charge on any atom is 0.339 e. The molecule has 0 unspecified atom stereocenters. The summed E-state index contributed by atoms with van der Waals surface area (Å²) in [5.74, 6) is -1.51. The van der Waals surface area contributed by atoms with Gasteiger partial charge in [0.05, 0.1) is 12.7 Å². The van der Waals surface area contributed by atoms with Crippen LogP contribution in [0.15, 0.2) is 29.2 Å². The van der Waals surface area contributed by atoms with Crippen molar-refractivity contribution in [1.29, 1.82) is 0 Å². The molecule has 0 saturated heterocycles. The Labute approximate surface area is 98.6 Å². The SMILES string of the molecule is COC(=O)c1ccccc1S(=O)(=O)NC(C)=O. The van der Waals surface area contributed by atoms with Gasteiger partial charge in [0.2, 0.25) is 5.91 Å². The Bertz CT molecular complexity index is 550. The fraction of sp³-hybridized carbons (Fsp3) is 0.200. The first-order chi connectivity index (χ1) is 7.88. The van der Waals surface area contributed by atoms with Crippen molar-refractivity contribution in [3.63, 3.8) is 0 Å². The second-order valence-electron chi connectivity index (χ2n) is 3.15. The van der Waals surface area contributed by atoms with Gasteiger partial charge in [-0.3, -0.25) is 4.79 Å². The zero-order valence-corrected chi connectivity index (χ0v) is 10.1. The lowest BCUT2D eigenvalue weighted by molar-refractivity contribution is -0.117. The highest BCUT2D eigenvalue weighted by Crippen LogP contribution is 2.15. The Hall–Kier alpha value is -1.89. The van der Waals surface area contributed by atoms with Crippen LogP contribution in [0.4, 0.5) is 0 Å². The molecular formula is C10H11NO5S. The minimum atomic E-state index is -4.05. The lowest BCUT2D eigenvalue weighted by atomic mass is 10.2. The minimum absolute atomic E-state index is 0.122. The van der Waals surface area contributed by atoms with Gasteiger partial charge in [-0.05, 0) is 12.1 Å². The van der Waals surface area contributed by atoms with Gasteiger partial charge in [-0.25, -0.2) is 17.9 Å². The first-order valence-electron chi connectivity index (χ1n) is 4.59. The van der Waals surface area contributed by atoms with Gasteiger partial charge in [0.25, 0.3) is 10.0 Å². The van der Waals surface area contributed by atoms with Crippen LogP contribution in [-0.4, -0.2) is 27.4 Å². The molecule has 0 radical (unpaired) electrons. The molecule has 1 aromatic carbocycles. The third-order valence-electron chi connectivity index (χ3n) is 1.86. The molecule has 0 aliphatic rings. The zero-order chi connectivity index (χ0) is 13.1. The van der Waals surface area contributed by atoms with Crippen molar-refractivity contribution < 1.29 is 22.7 Å². The van der Waals surface area contributed by atoms with Crippen molar-refractivity contribution in [1.82, 2.24) is 4.72 Å². The fourth-order valence-corrected chi connectivity index (χ4v) is 2.41. The molecule has 0 fully saturated rings. The zero-order valence-electron chi connectivity index (χ0n) is 9.26. The van der Waals surface area contributed by atoms with E-state index < -0.39 is 21.9 Å². The normalized spacial score (nSPS) is 10.7. The van der Waals surface area contributed by atoms with Crippen LogP contribution < -0.4 is 4.72 Å². The number of esters is 1. The highest BCUT2D eigenvalue weighted by atomic mass is 32.2. The summed E-state index contributed by atoms with van der Waals surface area (Å²) < 4.78 is 29.7. The van der Waals surface area contributed by atoms with E-state index in [1.54, 1.807) is 4.72 Å². The van der Waals surface area contributed by atoms with E-state index in [2.05, 4.69) is 4.74 Å². The Balaban J connectivity index is 3.32. The van der Waals surface area contributed by atoms with Gasteiger partial charge in [0.15, 0.2) is 0 Å². The average Bonchev–Trinajstić information content (AvgIpc) is 2.26. The van der Waals surface area contributed by atoms with Gasteiger partial charge >= 0.3 is 5.97 Å². The largest absolute Gasteiger partial charge is 0.465 e. The maximum atomic E-state index is 11.7. The van der Waals surface area contributed by atoms with Crippen LogP contribution in [0.2, 0.25) is 0 Å². The van der Waals surface area contributed by atoms with E-state index in [9.17, 15) is 18.0 Å². The van der Waals surface area contributed by atoms with E-state index in [0.29, 0.717) is 0 Å². The molecule has 0 saturated carbocycles. The van der Waals surface area contributed by atoms with Crippen molar-refractivity contribution in [2.24, 2.45) is 0 Å². The molecule has 1 amide bonds. The van der Waals surface area contributed by atoms with Crippen LogP contribution in [0.25, 0.3) is 0 Å². The molecule has 0 aliphatic carbocycles. The summed E-state index contributed by atoms with van der Waals surface area (Å²) >= 11 is 0. The molecular weight excluding hydrogens is 246 g/mol. The number of benzene rings is 1. The summed E-state index contributed by atoms with van der Waals surface area (Å²) in [6.45, 7) is 1.07. The van der Waals surface area contributed by atoms with Gasteiger partial charge in [-0.1, -0.05) is 12.1 Å². The van der Waals surface area contributed by atoms with Crippen LogP contribution in [-0.2, 0) is 19.6 Å². The molecule has 0 spiro atoms.